The molecule has 0 aliphatic carbocycles. The zero-order valence-electron chi connectivity index (χ0n) is 14.6. The second kappa shape index (κ2) is 7.67. The fraction of sp³-hybridized carbons (Fsp3) is 0.389. The molecule has 4 heterocycles. The molecular formula is C18H21N5O3. The number of aromatic nitrogens is 3. The van der Waals surface area contributed by atoms with Crippen LogP contribution in [0.2, 0.25) is 0 Å². The average Bonchev–Trinajstić information content (AvgIpc) is 3.32. The van der Waals surface area contributed by atoms with Gasteiger partial charge in [-0.15, -0.1) is 0 Å². The highest BCUT2D eigenvalue weighted by Crippen LogP contribution is 2.24. The summed E-state index contributed by atoms with van der Waals surface area (Å²) in [6, 6.07) is 7.57. The Labute approximate surface area is 151 Å². The molecule has 0 amide bonds. The molecule has 0 bridgehead atoms. The Morgan fingerprint density at radius 1 is 1.35 bits per heavy atom. The number of hydrogen-bond acceptors (Lipinski definition) is 8. The predicted octanol–water partition coefficient (Wildman–Crippen LogP) is 2.55. The molecule has 3 aromatic rings. The molecule has 8 nitrogen and oxygen atoms in total. The fourth-order valence-corrected chi connectivity index (χ4v) is 2.99. The first-order chi connectivity index (χ1) is 12.8. The number of nitrogens with zero attached hydrogens (tertiary/aromatic N) is 4. The normalized spacial score (nSPS) is 18.1. The molecule has 26 heavy (non-hydrogen) atoms. The molecule has 0 radical (unpaired) electrons. The number of rotatable bonds is 6. The van der Waals surface area contributed by atoms with E-state index in [4.69, 9.17) is 13.7 Å². The van der Waals surface area contributed by atoms with Crippen LogP contribution in [0.5, 0.6) is 0 Å². The highest BCUT2D eigenvalue weighted by atomic mass is 16.5. The van der Waals surface area contributed by atoms with Crippen LogP contribution in [0.3, 0.4) is 0 Å². The maximum atomic E-state index is 5.67. The van der Waals surface area contributed by atoms with Crippen molar-refractivity contribution in [1.29, 1.82) is 0 Å². The molecule has 0 unspecified atom stereocenters. The molecule has 1 saturated heterocycles. The lowest BCUT2D eigenvalue weighted by molar-refractivity contribution is -0.0167. The Hall–Kier alpha value is -2.71. The van der Waals surface area contributed by atoms with E-state index in [0.717, 1.165) is 35.4 Å². The summed E-state index contributed by atoms with van der Waals surface area (Å²) in [5, 5.41) is 7.36. The summed E-state index contributed by atoms with van der Waals surface area (Å²) in [6.45, 7) is 5.18. The predicted molar refractivity (Wildman–Crippen MR) is 93.3 cm³/mol. The van der Waals surface area contributed by atoms with Gasteiger partial charge in [0.05, 0.1) is 37.8 Å². The minimum absolute atomic E-state index is 0.0221. The van der Waals surface area contributed by atoms with Gasteiger partial charge in [-0.05, 0) is 25.1 Å². The van der Waals surface area contributed by atoms with Gasteiger partial charge < -0.3 is 19.0 Å². The third-order valence-electron chi connectivity index (χ3n) is 4.28. The molecule has 136 valence electrons. The van der Waals surface area contributed by atoms with Crippen LogP contribution < -0.4 is 5.32 Å². The first kappa shape index (κ1) is 16.7. The Morgan fingerprint density at radius 3 is 3.12 bits per heavy atom. The summed E-state index contributed by atoms with van der Waals surface area (Å²) in [4.78, 5) is 11.4. The minimum atomic E-state index is -0.0221. The van der Waals surface area contributed by atoms with Gasteiger partial charge in [-0.25, -0.2) is 9.97 Å². The SMILES string of the molecule is Cc1cc(CN2CCOC[C@H]2c2nccc(NCc3ccco3)n2)no1. The first-order valence-corrected chi connectivity index (χ1v) is 8.61. The van der Waals surface area contributed by atoms with Crippen LogP contribution >= 0.6 is 0 Å². The monoisotopic (exact) mass is 355 g/mol. The Bertz CT molecular complexity index is 833. The molecule has 0 spiro atoms. The van der Waals surface area contributed by atoms with Gasteiger partial charge >= 0.3 is 0 Å². The highest BCUT2D eigenvalue weighted by molar-refractivity contribution is 5.33. The number of furan rings is 1. The van der Waals surface area contributed by atoms with Crippen molar-refractivity contribution >= 4 is 5.82 Å². The van der Waals surface area contributed by atoms with Crippen LogP contribution in [0.15, 0.2) is 45.7 Å². The summed E-state index contributed by atoms with van der Waals surface area (Å²) in [7, 11) is 0. The second-order valence-electron chi connectivity index (χ2n) is 6.22. The molecule has 3 aromatic heterocycles. The molecule has 1 aliphatic heterocycles. The average molecular weight is 355 g/mol. The van der Waals surface area contributed by atoms with Gasteiger partial charge in [-0.3, -0.25) is 4.90 Å². The van der Waals surface area contributed by atoms with E-state index >= 15 is 0 Å². The third-order valence-corrected chi connectivity index (χ3v) is 4.28. The van der Waals surface area contributed by atoms with E-state index in [1.165, 1.54) is 0 Å². The van der Waals surface area contributed by atoms with E-state index in [2.05, 4.69) is 25.3 Å². The quantitative estimate of drug-likeness (QED) is 0.721. The summed E-state index contributed by atoms with van der Waals surface area (Å²) in [6.07, 6.45) is 3.42. The van der Waals surface area contributed by atoms with Crippen molar-refractivity contribution in [1.82, 2.24) is 20.0 Å². The second-order valence-corrected chi connectivity index (χ2v) is 6.22. The zero-order valence-corrected chi connectivity index (χ0v) is 14.6. The van der Waals surface area contributed by atoms with Gasteiger partial charge in [0.2, 0.25) is 0 Å². The van der Waals surface area contributed by atoms with Crippen LogP contribution in [0.1, 0.15) is 29.1 Å². The number of anilines is 1. The molecule has 1 fully saturated rings. The van der Waals surface area contributed by atoms with E-state index in [-0.39, 0.29) is 6.04 Å². The summed E-state index contributed by atoms with van der Waals surface area (Å²) >= 11 is 0. The van der Waals surface area contributed by atoms with E-state index in [1.54, 1.807) is 12.5 Å². The van der Waals surface area contributed by atoms with Crippen molar-refractivity contribution in [2.45, 2.75) is 26.1 Å². The van der Waals surface area contributed by atoms with Gasteiger partial charge in [-0.2, -0.15) is 0 Å². The molecule has 1 N–H and O–H groups in total. The Kier molecular flexibility index (Phi) is 4.94. The standard InChI is InChI=1S/C18H21N5O3/c1-13-9-14(22-26-13)11-23-6-8-24-12-16(23)18-19-5-4-17(21-18)20-10-15-3-2-7-25-15/h2-5,7,9,16H,6,8,10-12H2,1H3,(H,19,20,21)/t16-/m0/s1. The van der Waals surface area contributed by atoms with Crippen LogP contribution in [-0.2, 0) is 17.8 Å². The number of nitrogens with one attached hydrogen (secondary N) is 1. The molecule has 1 aliphatic rings. The molecule has 0 saturated carbocycles. The van der Waals surface area contributed by atoms with Gasteiger partial charge in [-0.1, -0.05) is 5.16 Å². The van der Waals surface area contributed by atoms with Crippen LogP contribution in [-0.4, -0.2) is 39.8 Å². The van der Waals surface area contributed by atoms with Crippen LogP contribution in [0.4, 0.5) is 5.82 Å². The maximum Gasteiger partial charge on any atom is 0.150 e. The molecular weight excluding hydrogens is 334 g/mol. The van der Waals surface area contributed by atoms with Crippen molar-refractivity contribution in [3.05, 3.63) is 59.8 Å². The maximum absolute atomic E-state index is 5.67. The molecule has 0 aromatic carbocycles. The van der Waals surface area contributed by atoms with Gasteiger partial charge in [0, 0.05) is 25.4 Å². The van der Waals surface area contributed by atoms with E-state index in [9.17, 15) is 0 Å². The summed E-state index contributed by atoms with van der Waals surface area (Å²) in [5.74, 6) is 3.16. The van der Waals surface area contributed by atoms with Gasteiger partial charge in [0.25, 0.3) is 0 Å². The van der Waals surface area contributed by atoms with Crippen molar-refractivity contribution in [2.24, 2.45) is 0 Å². The van der Waals surface area contributed by atoms with E-state index in [0.29, 0.717) is 26.3 Å². The Balaban J connectivity index is 1.47. The lowest BCUT2D eigenvalue weighted by Gasteiger charge is -2.33. The fourth-order valence-electron chi connectivity index (χ4n) is 2.99. The number of ether oxygens (including phenoxy) is 1. The zero-order chi connectivity index (χ0) is 17.8. The number of aryl methyl sites for hydroxylation is 1. The van der Waals surface area contributed by atoms with Crippen molar-refractivity contribution < 1.29 is 13.7 Å². The van der Waals surface area contributed by atoms with E-state index < -0.39 is 0 Å². The smallest absolute Gasteiger partial charge is 0.150 e. The molecule has 1 atom stereocenters. The van der Waals surface area contributed by atoms with Crippen LogP contribution in [0.25, 0.3) is 0 Å². The summed E-state index contributed by atoms with van der Waals surface area (Å²) < 4.78 is 16.2. The third kappa shape index (κ3) is 3.92. The van der Waals surface area contributed by atoms with Crippen LogP contribution in [0, 0.1) is 6.92 Å². The molecule has 4 rings (SSSR count). The highest BCUT2D eigenvalue weighted by Gasteiger charge is 2.28. The largest absolute Gasteiger partial charge is 0.467 e. The Morgan fingerprint density at radius 2 is 2.31 bits per heavy atom. The summed E-state index contributed by atoms with van der Waals surface area (Å²) in [5.41, 5.74) is 0.904. The van der Waals surface area contributed by atoms with Crippen molar-refractivity contribution in [3.63, 3.8) is 0 Å². The van der Waals surface area contributed by atoms with E-state index in [1.807, 2.05) is 31.2 Å². The molecule has 8 heteroatoms. The van der Waals surface area contributed by atoms with Crippen molar-refractivity contribution in [3.8, 4) is 0 Å². The van der Waals surface area contributed by atoms with Crippen molar-refractivity contribution in [2.75, 3.05) is 25.1 Å². The lowest BCUT2D eigenvalue weighted by atomic mass is 10.2. The van der Waals surface area contributed by atoms with Gasteiger partial charge in [0.1, 0.15) is 23.2 Å². The number of hydrogen-bond donors (Lipinski definition) is 1. The topological polar surface area (TPSA) is 89.5 Å². The number of morpholine rings is 1. The van der Waals surface area contributed by atoms with Gasteiger partial charge in [0.15, 0.2) is 0 Å². The minimum Gasteiger partial charge on any atom is -0.467 e. The first-order valence-electron chi connectivity index (χ1n) is 8.61. The lowest BCUT2D eigenvalue weighted by Crippen LogP contribution is -2.40.